The molecule has 2 unspecified atom stereocenters. The number of amides is 2. The Hall–Kier alpha value is -1.06. The van der Waals surface area contributed by atoms with Crippen molar-refractivity contribution < 1.29 is 9.59 Å². The summed E-state index contributed by atoms with van der Waals surface area (Å²) in [5, 5.41) is 6.50. The van der Waals surface area contributed by atoms with Crippen LogP contribution in [0.3, 0.4) is 0 Å². The molecule has 188 valence electrons. The smallest absolute Gasteiger partial charge is 0.220 e. The standard InChI is InChI=1S/C28H54N2O2/c1-5-7-9-15-23(3)17-13-21-27(31)29-25-19-11-12-20-26(25)30-28(32)22-14-18-24(4)16-10-8-6-2/h23-26H,5-22H2,1-4H3,(H,29,31)(H,30,32)/t23?,24?,25-,26-/m1/s1. The Morgan fingerprint density at radius 2 is 1.03 bits per heavy atom. The molecule has 0 saturated heterocycles. The Bertz CT molecular complexity index is 450. The molecule has 0 spiro atoms. The zero-order chi connectivity index (χ0) is 23.6. The maximum Gasteiger partial charge on any atom is 0.220 e. The maximum absolute atomic E-state index is 12.5. The summed E-state index contributed by atoms with van der Waals surface area (Å²) in [5.41, 5.74) is 0. The molecule has 0 radical (unpaired) electrons. The highest BCUT2D eigenvalue weighted by atomic mass is 16.2. The van der Waals surface area contributed by atoms with Gasteiger partial charge in [-0.05, 0) is 37.5 Å². The molecule has 1 fully saturated rings. The normalized spacial score (nSPS) is 20.5. The molecule has 2 N–H and O–H groups in total. The van der Waals surface area contributed by atoms with Crippen molar-refractivity contribution in [1.82, 2.24) is 10.6 Å². The van der Waals surface area contributed by atoms with E-state index < -0.39 is 0 Å². The largest absolute Gasteiger partial charge is 0.351 e. The van der Waals surface area contributed by atoms with Gasteiger partial charge in [-0.15, -0.1) is 0 Å². The van der Waals surface area contributed by atoms with Gasteiger partial charge in [0.25, 0.3) is 0 Å². The predicted octanol–water partition coefficient (Wildman–Crippen LogP) is 7.30. The van der Waals surface area contributed by atoms with E-state index >= 15 is 0 Å². The van der Waals surface area contributed by atoms with Gasteiger partial charge in [-0.3, -0.25) is 9.59 Å². The molecule has 4 nitrogen and oxygen atoms in total. The first kappa shape index (κ1) is 29.0. The highest BCUT2D eigenvalue weighted by Crippen LogP contribution is 2.21. The number of carbonyl (C=O) groups excluding carboxylic acids is 2. The van der Waals surface area contributed by atoms with E-state index in [0.29, 0.717) is 24.7 Å². The molecule has 2 amide bonds. The molecule has 4 atom stereocenters. The molecule has 32 heavy (non-hydrogen) atoms. The molecule has 1 rings (SSSR count). The zero-order valence-corrected chi connectivity index (χ0v) is 21.9. The van der Waals surface area contributed by atoms with E-state index in [4.69, 9.17) is 0 Å². The highest BCUT2D eigenvalue weighted by Gasteiger charge is 2.27. The fourth-order valence-electron chi connectivity index (χ4n) is 5.03. The SMILES string of the molecule is CCCCCC(C)CCCC(=O)N[C@@H]1CCCC[C@H]1NC(=O)CCCC(C)CCCCC. The van der Waals surface area contributed by atoms with E-state index in [1.165, 1.54) is 51.4 Å². The first-order valence-electron chi connectivity index (χ1n) is 14.0. The predicted molar refractivity (Wildman–Crippen MR) is 137 cm³/mol. The van der Waals surface area contributed by atoms with E-state index in [9.17, 15) is 9.59 Å². The molecule has 0 aliphatic heterocycles. The van der Waals surface area contributed by atoms with Crippen LogP contribution < -0.4 is 10.6 Å². The lowest BCUT2D eigenvalue weighted by atomic mass is 9.89. The van der Waals surface area contributed by atoms with Gasteiger partial charge in [-0.2, -0.15) is 0 Å². The zero-order valence-electron chi connectivity index (χ0n) is 21.9. The van der Waals surface area contributed by atoms with Crippen LogP contribution in [0, 0.1) is 11.8 Å². The monoisotopic (exact) mass is 450 g/mol. The summed E-state index contributed by atoms with van der Waals surface area (Å²) in [7, 11) is 0. The molecule has 0 heterocycles. The van der Waals surface area contributed by atoms with Gasteiger partial charge in [0.15, 0.2) is 0 Å². The second-order valence-electron chi connectivity index (χ2n) is 10.6. The summed E-state index contributed by atoms with van der Waals surface area (Å²) in [6.45, 7) is 9.11. The van der Waals surface area contributed by atoms with Gasteiger partial charge >= 0.3 is 0 Å². The number of rotatable bonds is 18. The highest BCUT2D eigenvalue weighted by molar-refractivity contribution is 5.77. The Labute approximate surface area is 199 Å². The van der Waals surface area contributed by atoms with Crippen LogP contribution in [0.4, 0.5) is 0 Å². The maximum atomic E-state index is 12.5. The first-order chi connectivity index (χ1) is 15.5. The Balaban J connectivity index is 2.26. The molecule has 1 aliphatic rings. The van der Waals surface area contributed by atoms with Crippen molar-refractivity contribution in [2.24, 2.45) is 11.8 Å². The minimum absolute atomic E-state index is 0.107. The first-order valence-corrected chi connectivity index (χ1v) is 14.0. The van der Waals surface area contributed by atoms with Gasteiger partial charge in [-0.1, -0.05) is 105 Å². The molecular formula is C28H54N2O2. The molecule has 0 aromatic carbocycles. The van der Waals surface area contributed by atoms with Gasteiger partial charge in [0.2, 0.25) is 11.8 Å². The van der Waals surface area contributed by atoms with E-state index in [-0.39, 0.29) is 23.9 Å². The van der Waals surface area contributed by atoms with Crippen molar-refractivity contribution in [1.29, 1.82) is 0 Å². The average molecular weight is 451 g/mol. The molecule has 0 aromatic rings. The minimum Gasteiger partial charge on any atom is -0.351 e. The van der Waals surface area contributed by atoms with Gasteiger partial charge in [-0.25, -0.2) is 0 Å². The third-order valence-electron chi connectivity index (χ3n) is 7.26. The van der Waals surface area contributed by atoms with Crippen molar-refractivity contribution in [3.8, 4) is 0 Å². The Morgan fingerprint density at radius 3 is 1.41 bits per heavy atom. The topological polar surface area (TPSA) is 58.2 Å². The molecule has 0 aromatic heterocycles. The van der Waals surface area contributed by atoms with E-state index in [0.717, 1.165) is 51.4 Å². The summed E-state index contributed by atoms with van der Waals surface area (Å²) in [6, 6.07) is 0.213. The Morgan fingerprint density at radius 1 is 0.656 bits per heavy atom. The summed E-state index contributed by atoms with van der Waals surface area (Å²) in [5.74, 6) is 1.76. The summed E-state index contributed by atoms with van der Waals surface area (Å²) in [4.78, 5) is 25.0. The summed E-state index contributed by atoms with van der Waals surface area (Å²) >= 11 is 0. The molecule has 0 bridgehead atoms. The molecule has 1 aliphatic carbocycles. The fraction of sp³-hybridized carbons (Fsp3) is 0.929. The third-order valence-corrected chi connectivity index (χ3v) is 7.26. The van der Waals surface area contributed by atoms with E-state index in [1.807, 2.05) is 0 Å². The number of nitrogens with one attached hydrogen (secondary N) is 2. The Kier molecular flexibility index (Phi) is 16.6. The lowest BCUT2D eigenvalue weighted by Gasteiger charge is -2.33. The van der Waals surface area contributed by atoms with Crippen LogP contribution >= 0.6 is 0 Å². The van der Waals surface area contributed by atoms with Crippen LogP contribution in [-0.2, 0) is 9.59 Å². The summed E-state index contributed by atoms with van der Waals surface area (Å²) in [6.07, 6.45) is 20.1. The lowest BCUT2D eigenvalue weighted by Crippen LogP contribution is -2.53. The van der Waals surface area contributed by atoms with Crippen molar-refractivity contribution in [2.75, 3.05) is 0 Å². The van der Waals surface area contributed by atoms with Crippen molar-refractivity contribution >= 4 is 11.8 Å². The van der Waals surface area contributed by atoms with Crippen LogP contribution in [0.15, 0.2) is 0 Å². The quantitative estimate of drug-likeness (QED) is 0.215. The van der Waals surface area contributed by atoms with E-state index in [1.54, 1.807) is 0 Å². The second kappa shape index (κ2) is 18.4. The van der Waals surface area contributed by atoms with Gasteiger partial charge in [0.05, 0.1) is 0 Å². The van der Waals surface area contributed by atoms with Crippen molar-refractivity contribution in [3.05, 3.63) is 0 Å². The van der Waals surface area contributed by atoms with E-state index in [2.05, 4.69) is 38.3 Å². The average Bonchev–Trinajstić information content (AvgIpc) is 2.75. The fourth-order valence-corrected chi connectivity index (χ4v) is 5.03. The lowest BCUT2D eigenvalue weighted by molar-refractivity contribution is -0.125. The molecule has 1 saturated carbocycles. The van der Waals surface area contributed by atoms with Gasteiger partial charge in [0, 0.05) is 24.9 Å². The van der Waals surface area contributed by atoms with Crippen LogP contribution in [0.2, 0.25) is 0 Å². The number of hydrogen-bond donors (Lipinski definition) is 2. The van der Waals surface area contributed by atoms with Gasteiger partial charge in [0.1, 0.15) is 0 Å². The minimum atomic E-state index is 0.107. The van der Waals surface area contributed by atoms with Crippen molar-refractivity contribution in [3.63, 3.8) is 0 Å². The van der Waals surface area contributed by atoms with Gasteiger partial charge < -0.3 is 10.6 Å². The molecular weight excluding hydrogens is 396 g/mol. The summed E-state index contributed by atoms with van der Waals surface area (Å²) < 4.78 is 0. The third kappa shape index (κ3) is 14.2. The number of hydrogen-bond acceptors (Lipinski definition) is 2. The number of carbonyl (C=O) groups is 2. The van der Waals surface area contributed by atoms with Crippen LogP contribution in [0.25, 0.3) is 0 Å². The van der Waals surface area contributed by atoms with Crippen LogP contribution in [0.1, 0.15) is 143 Å². The van der Waals surface area contributed by atoms with Crippen LogP contribution in [-0.4, -0.2) is 23.9 Å². The van der Waals surface area contributed by atoms with Crippen molar-refractivity contribution in [2.45, 2.75) is 155 Å². The number of unbranched alkanes of at least 4 members (excludes halogenated alkanes) is 4. The molecule has 4 heteroatoms. The van der Waals surface area contributed by atoms with Crippen LogP contribution in [0.5, 0.6) is 0 Å². The second-order valence-corrected chi connectivity index (χ2v) is 10.6.